The quantitative estimate of drug-likeness (QED) is 0.287. The van der Waals surface area contributed by atoms with Crippen molar-refractivity contribution in [2.24, 2.45) is 9.98 Å². The summed E-state index contributed by atoms with van der Waals surface area (Å²) in [5.41, 5.74) is 8.58. The molecule has 4 rings (SSSR count). The van der Waals surface area contributed by atoms with E-state index in [-0.39, 0.29) is 0 Å². The van der Waals surface area contributed by atoms with Crippen LogP contribution in [-0.4, -0.2) is 21.4 Å². The van der Waals surface area contributed by atoms with Crippen LogP contribution in [0.2, 0.25) is 0 Å². The molecule has 0 fully saturated rings. The van der Waals surface area contributed by atoms with Crippen LogP contribution >= 0.6 is 0 Å². The summed E-state index contributed by atoms with van der Waals surface area (Å²) in [6.07, 6.45) is 1.80. The van der Waals surface area contributed by atoms with E-state index in [1.807, 2.05) is 88.4 Å². The lowest BCUT2D eigenvalue weighted by atomic mass is 10.1. The summed E-state index contributed by atoms with van der Waals surface area (Å²) in [4.78, 5) is 18.4. The molecule has 0 aliphatic rings. The van der Waals surface area contributed by atoms with Gasteiger partial charge in [-0.1, -0.05) is 0 Å². The summed E-state index contributed by atoms with van der Waals surface area (Å²) in [5, 5.41) is 0. The Labute approximate surface area is 201 Å². The van der Waals surface area contributed by atoms with Crippen LogP contribution < -0.4 is 4.74 Å². The highest BCUT2D eigenvalue weighted by atomic mass is 16.5. The van der Waals surface area contributed by atoms with Crippen LogP contribution in [0.25, 0.3) is 0 Å². The smallest absolute Gasteiger partial charge is 0.127 e. The largest absolute Gasteiger partial charge is 0.457 e. The molecule has 0 aliphatic carbocycles. The summed E-state index contributed by atoms with van der Waals surface area (Å²) in [7, 11) is 0. The zero-order chi connectivity index (χ0) is 24.1. The van der Waals surface area contributed by atoms with Crippen molar-refractivity contribution in [1.29, 1.82) is 0 Å². The minimum Gasteiger partial charge on any atom is -0.457 e. The van der Waals surface area contributed by atoms with Crippen LogP contribution in [-0.2, 0) is 0 Å². The molecule has 0 amide bonds. The molecule has 0 saturated carbocycles. The van der Waals surface area contributed by atoms with Crippen molar-refractivity contribution in [3.63, 3.8) is 0 Å². The first-order valence-electron chi connectivity index (χ1n) is 11.2. The third kappa shape index (κ3) is 6.01. The topological polar surface area (TPSA) is 59.7 Å². The van der Waals surface area contributed by atoms with E-state index in [1.165, 1.54) is 5.56 Å². The van der Waals surface area contributed by atoms with Crippen LogP contribution in [0.15, 0.2) is 89.0 Å². The first-order chi connectivity index (χ1) is 16.4. The van der Waals surface area contributed by atoms with Crippen LogP contribution in [0.1, 0.15) is 42.1 Å². The average Bonchev–Trinajstić information content (AvgIpc) is 2.81. The first kappa shape index (κ1) is 23.1. The Morgan fingerprint density at radius 3 is 1.71 bits per heavy atom. The van der Waals surface area contributed by atoms with Gasteiger partial charge < -0.3 is 4.74 Å². The lowest BCUT2D eigenvalue weighted by molar-refractivity contribution is 0.483. The van der Waals surface area contributed by atoms with Crippen molar-refractivity contribution in [3.8, 4) is 11.5 Å². The van der Waals surface area contributed by atoms with Crippen molar-refractivity contribution in [1.82, 2.24) is 9.97 Å². The maximum atomic E-state index is 5.99. The van der Waals surface area contributed by atoms with E-state index in [9.17, 15) is 0 Å². The van der Waals surface area contributed by atoms with Gasteiger partial charge >= 0.3 is 0 Å². The van der Waals surface area contributed by atoms with E-state index in [0.717, 1.165) is 56.9 Å². The Morgan fingerprint density at radius 2 is 1.18 bits per heavy atom. The lowest BCUT2D eigenvalue weighted by Crippen LogP contribution is -2.00. The number of aryl methyl sites for hydroxylation is 3. The fourth-order valence-electron chi connectivity index (χ4n) is 3.58. The molecule has 0 saturated heterocycles. The molecule has 5 heteroatoms. The molecule has 2 aromatic heterocycles. The van der Waals surface area contributed by atoms with Crippen molar-refractivity contribution < 1.29 is 4.74 Å². The third-order valence-electron chi connectivity index (χ3n) is 5.26. The van der Waals surface area contributed by atoms with E-state index in [0.29, 0.717) is 0 Å². The normalized spacial score (nSPS) is 12.0. The van der Waals surface area contributed by atoms with Gasteiger partial charge in [-0.2, -0.15) is 0 Å². The Kier molecular flexibility index (Phi) is 6.93. The van der Waals surface area contributed by atoms with Crippen molar-refractivity contribution >= 4 is 22.8 Å². The Hall–Kier alpha value is -4.12. The molecule has 34 heavy (non-hydrogen) atoms. The summed E-state index contributed by atoms with van der Waals surface area (Å²) in [6, 6.07) is 23.5. The fraction of sp³-hybridized carbons (Fsp3) is 0.172. The molecule has 0 unspecified atom stereocenters. The van der Waals surface area contributed by atoms with Crippen LogP contribution in [0.3, 0.4) is 0 Å². The van der Waals surface area contributed by atoms with Crippen LogP contribution in [0.4, 0.5) is 11.4 Å². The number of hydrogen-bond acceptors (Lipinski definition) is 5. The minimum atomic E-state index is 0.747. The second-order valence-electron chi connectivity index (χ2n) is 8.37. The van der Waals surface area contributed by atoms with Gasteiger partial charge in [0.15, 0.2) is 0 Å². The number of ether oxygens (including phenoxy) is 1. The van der Waals surface area contributed by atoms with Crippen LogP contribution in [0, 0.1) is 20.8 Å². The van der Waals surface area contributed by atoms with Crippen molar-refractivity contribution in [2.45, 2.75) is 34.6 Å². The van der Waals surface area contributed by atoms with Gasteiger partial charge in [-0.15, -0.1) is 0 Å². The molecule has 170 valence electrons. The third-order valence-corrected chi connectivity index (χ3v) is 5.26. The lowest BCUT2D eigenvalue weighted by Gasteiger charge is -2.07. The molecule has 0 aliphatic heterocycles. The highest BCUT2D eigenvalue weighted by molar-refractivity contribution is 5.99. The molecule has 0 bridgehead atoms. The molecule has 2 aromatic carbocycles. The molecule has 0 N–H and O–H groups in total. The number of nitrogens with zero attached hydrogens (tertiary/aromatic N) is 4. The first-order valence-corrected chi connectivity index (χ1v) is 11.2. The van der Waals surface area contributed by atoms with Gasteiger partial charge in [0.05, 0.1) is 34.2 Å². The Morgan fingerprint density at radius 1 is 0.647 bits per heavy atom. The SMILES string of the molecule is CC(=Nc1ccc(Oc2ccc(N=C(C)c3cc(C)cc(C)n3)cc2)cc1)c1cc(C)ccn1. The summed E-state index contributed by atoms with van der Waals surface area (Å²) in [6.45, 7) is 10.1. The van der Waals surface area contributed by atoms with Gasteiger partial charge in [-0.3, -0.25) is 20.0 Å². The molecule has 0 atom stereocenters. The Bertz CT molecular complexity index is 1330. The predicted octanol–water partition coefficient (Wildman–Crippen LogP) is 7.48. The predicted molar refractivity (Wildman–Crippen MR) is 139 cm³/mol. The monoisotopic (exact) mass is 448 g/mol. The number of benzene rings is 2. The molecular weight excluding hydrogens is 420 g/mol. The Balaban J connectivity index is 1.43. The van der Waals surface area contributed by atoms with Gasteiger partial charge in [-0.25, -0.2) is 0 Å². The second-order valence-corrected chi connectivity index (χ2v) is 8.37. The highest BCUT2D eigenvalue weighted by Gasteiger charge is 2.04. The molecule has 0 spiro atoms. The van der Waals surface area contributed by atoms with Gasteiger partial charge in [-0.05, 0) is 119 Å². The molecule has 5 nitrogen and oxygen atoms in total. The van der Waals surface area contributed by atoms with E-state index < -0.39 is 0 Å². The summed E-state index contributed by atoms with van der Waals surface area (Å²) < 4.78 is 5.99. The number of aromatic nitrogens is 2. The van der Waals surface area contributed by atoms with Crippen LogP contribution in [0.5, 0.6) is 11.5 Å². The zero-order valence-electron chi connectivity index (χ0n) is 20.2. The average molecular weight is 449 g/mol. The van der Waals surface area contributed by atoms with E-state index in [4.69, 9.17) is 9.73 Å². The number of pyridine rings is 2. The highest BCUT2D eigenvalue weighted by Crippen LogP contribution is 2.26. The maximum absolute atomic E-state index is 5.99. The van der Waals surface area contributed by atoms with E-state index in [2.05, 4.69) is 34.0 Å². The van der Waals surface area contributed by atoms with Crippen molar-refractivity contribution in [3.05, 3.63) is 107 Å². The minimum absolute atomic E-state index is 0.747. The standard InChI is InChI=1S/C29H28N4O/c1-19-14-15-30-28(17-19)22(4)32-24-6-10-26(11-7-24)34-27-12-8-25(9-13-27)33-23(5)29-18-20(2)16-21(3)31-29/h6-18H,1-5H3. The molecule has 4 aromatic rings. The maximum Gasteiger partial charge on any atom is 0.127 e. The number of aliphatic imine (C=N–C) groups is 2. The number of rotatable bonds is 6. The van der Waals surface area contributed by atoms with Crippen molar-refractivity contribution in [2.75, 3.05) is 0 Å². The van der Waals surface area contributed by atoms with Gasteiger partial charge in [0.1, 0.15) is 11.5 Å². The second kappa shape index (κ2) is 10.2. The molecule has 0 radical (unpaired) electrons. The molecular formula is C29H28N4O. The zero-order valence-corrected chi connectivity index (χ0v) is 20.2. The van der Waals surface area contributed by atoms with Gasteiger partial charge in [0, 0.05) is 11.9 Å². The summed E-state index contributed by atoms with van der Waals surface area (Å²) >= 11 is 0. The van der Waals surface area contributed by atoms with Gasteiger partial charge in [0.2, 0.25) is 0 Å². The number of hydrogen-bond donors (Lipinski definition) is 0. The fourth-order valence-corrected chi connectivity index (χ4v) is 3.58. The van der Waals surface area contributed by atoms with E-state index >= 15 is 0 Å². The van der Waals surface area contributed by atoms with Gasteiger partial charge in [0.25, 0.3) is 0 Å². The molecule has 2 heterocycles. The van der Waals surface area contributed by atoms with E-state index in [1.54, 1.807) is 6.20 Å². The summed E-state index contributed by atoms with van der Waals surface area (Å²) in [5.74, 6) is 1.50.